The van der Waals surface area contributed by atoms with E-state index >= 15 is 0 Å². The Morgan fingerprint density at radius 1 is 0.543 bits per heavy atom. The smallest absolute Gasteiger partial charge is 0.227 e. The van der Waals surface area contributed by atoms with Crippen molar-refractivity contribution in [2.45, 2.75) is 50.6 Å². The van der Waals surface area contributed by atoms with Gasteiger partial charge in [-0.25, -0.2) is 8.78 Å². The van der Waals surface area contributed by atoms with Crippen molar-refractivity contribution >= 4 is 11.8 Å². The number of nitrogens with zero attached hydrogens (tertiary/aromatic N) is 2. The average Bonchev–Trinajstić information content (AvgIpc) is 3.46. The summed E-state index contributed by atoms with van der Waals surface area (Å²) in [5.41, 5.74) is 4.55. The molecule has 4 aromatic carbocycles. The second-order valence-electron chi connectivity index (χ2n) is 13.5. The predicted molar refractivity (Wildman–Crippen MR) is 175 cm³/mol. The van der Waals surface area contributed by atoms with E-state index in [-0.39, 0.29) is 59.2 Å². The lowest BCUT2D eigenvalue weighted by atomic mass is 9.64. The van der Waals surface area contributed by atoms with Crippen LogP contribution in [0.3, 0.4) is 0 Å². The first-order chi connectivity index (χ1) is 22.3. The van der Waals surface area contributed by atoms with Crippen LogP contribution < -0.4 is 0 Å². The van der Waals surface area contributed by atoms with Crippen molar-refractivity contribution in [2.75, 3.05) is 13.1 Å². The van der Waals surface area contributed by atoms with Gasteiger partial charge in [-0.05, 0) is 96.9 Å². The topological polar surface area (TPSA) is 40.6 Å². The highest BCUT2D eigenvalue weighted by Crippen LogP contribution is 2.54. The third-order valence-corrected chi connectivity index (χ3v) is 11.1. The van der Waals surface area contributed by atoms with Crippen molar-refractivity contribution in [3.63, 3.8) is 0 Å². The highest BCUT2D eigenvalue weighted by Gasteiger charge is 2.55. The number of amides is 2. The molecule has 2 amide bonds. The molecule has 2 aliphatic heterocycles. The van der Waals surface area contributed by atoms with Gasteiger partial charge in [-0.1, -0.05) is 84.9 Å². The van der Waals surface area contributed by atoms with E-state index < -0.39 is 0 Å². The van der Waals surface area contributed by atoms with Gasteiger partial charge < -0.3 is 9.80 Å². The number of likely N-dealkylation sites (tertiary alicyclic amines) is 2. The molecule has 0 aromatic heterocycles. The van der Waals surface area contributed by atoms with Crippen molar-refractivity contribution in [2.24, 2.45) is 23.7 Å². The van der Waals surface area contributed by atoms with E-state index in [1.165, 1.54) is 35.4 Å². The summed E-state index contributed by atoms with van der Waals surface area (Å²) >= 11 is 0. The number of hydrogen-bond acceptors (Lipinski definition) is 2. The molecule has 46 heavy (non-hydrogen) atoms. The van der Waals surface area contributed by atoms with Crippen LogP contribution in [-0.4, -0.2) is 34.7 Å². The second-order valence-corrected chi connectivity index (χ2v) is 13.5. The zero-order valence-corrected chi connectivity index (χ0v) is 26.3. The molecule has 2 saturated heterocycles. The first-order valence-corrected chi connectivity index (χ1v) is 16.5. The molecular weight excluding hydrogens is 578 g/mol. The zero-order chi connectivity index (χ0) is 31.9. The summed E-state index contributed by atoms with van der Waals surface area (Å²) < 4.78 is 26.2. The largest absolute Gasteiger partial charge is 0.335 e. The zero-order valence-electron chi connectivity index (χ0n) is 26.3. The first-order valence-electron chi connectivity index (χ1n) is 16.5. The van der Waals surface area contributed by atoms with Gasteiger partial charge in [0, 0.05) is 24.9 Å². The molecule has 2 saturated carbocycles. The summed E-state index contributed by atoms with van der Waals surface area (Å²) in [5.74, 6) is 1.62. The molecule has 236 valence electrons. The van der Waals surface area contributed by atoms with E-state index in [0.29, 0.717) is 11.8 Å². The number of fused-ring (bicyclic) bond motifs is 2. The lowest BCUT2D eigenvalue weighted by Gasteiger charge is -2.38. The summed E-state index contributed by atoms with van der Waals surface area (Å²) in [6, 6.07) is 33.9. The van der Waals surface area contributed by atoms with E-state index in [0.717, 1.165) is 37.1 Å². The maximum absolute atomic E-state index is 13.1. The lowest BCUT2D eigenvalue weighted by Crippen LogP contribution is -2.36. The van der Waals surface area contributed by atoms with Crippen molar-refractivity contribution in [1.29, 1.82) is 0 Å². The van der Waals surface area contributed by atoms with Gasteiger partial charge in [-0.15, -0.1) is 0 Å². The molecule has 2 heterocycles. The van der Waals surface area contributed by atoms with E-state index in [1.807, 2.05) is 70.5 Å². The molecule has 2 aliphatic carbocycles. The van der Waals surface area contributed by atoms with Gasteiger partial charge in [-0.2, -0.15) is 0 Å². The molecule has 0 unspecified atom stereocenters. The number of hydrogen-bond donors (Lipinski definition) is 0. The quantitative estimate of drug-likeness (QED) is 0.218. The minimum Gasteiger partial charge on any atom is -0.335 e. The van der Waals surface area contributed by atoms with Crippen LogP contribution in [0, 0.1) is 35.3 Å². The maximum Gasteiger partial charge on any atom is 0.227 e. The molecule has 4 fully saturated rings. The van der Waals surface area contributed by atoms with Crippen molar-refractivity contribution in [1.82, 2.24) is 9.80 Å². The summed E-state index contributed by atoms with van der Waals surface area (Å²) in [5, 5.41) is 0. The van der Waals surface area contributed by atoms with Crippen molar-refractivity contribution < 1.29 is 18.4 Å². The van der Waals surface area contributed by atoms with Gasteiger partial charge in [0.2, 0.25) is 11.8 Å². The predicted octanol–water partition coefficient (Wildman–Crippen LogP) is 8.30. The van der Waals surface area contributed by atoms with Crippen LogP contribution in [-0.2, 0) is 9.59 Å². The van der Waals surface area contributed by atoms with Gasteiger partial charge in [0.1, 0.15) is 11.6 Å². The Balaban J connectivity index is 0.000000147. The molecule has 6 heteroatoms. The van der Waals surface area contributed by atoms with Crippen LogP contribution in [0.5, 0.6) is 0 Å². The van der Waals surface area contributed by atoms with Gasteiger partial charge in [-0.3, -0.25) is 9.59 Å². The Labute approximate surface area is 270 Å². The third-order valence-electron chi connectivity index (χ3n) is 11.1. The molecule has 0 radical (unpaired) electrons. The minimum atomic E-state index is -0.221. The monoisotopic (exact) mass is 618 g/mol. The number of carbonyl (C=O) groups is 2. The van der Waals surface area contributed by atoms with Crippen LogP contribution in [0.4, 0.5) is 8.78 Å². The van der Waals surface area contributed by atoms with Gasteiger partial charge in [0.05, 0.1) is 12.1 Å². The number of carbonyl (C=O) groups excluding carboxylic acids is 2. The van der Waals surface area contributed by atoms with Gasteiger partial charge in [0.25, 0.3) is 0 Å². The molecule has 8 atom stereocenters. The molecule has 0 N–H and O–H groups in total. The number of rotatable bonds is 6. The average molecular weight is 619 g/mol. The Kier molecular flexibility index (Phi) is 8.22. The SMILES string of the molecule is C[C@H](c1ccccc1)N1C[C@H]2C[C@H](c3ccc(F)cc3)[C@H]2C1=O.C[C@H](c1ccccc1)N1C[C@H]2C[C@H](c3ccc(F)cc3)[C@H]2C1=O. The third kappa shape index (κ3) is 5.52. The van der Waals surface area contributed by atoms with Crippen LogP contribution in [0.2, 0.25) is 0 Å². The van der Waals surface area contributed by atoms with E-state index in [9.17, 15) is 18.4 Å². The molecule has 8 rings (SSSR count). The fourth-order valence-electron chi connectivity index (χ4n) is 8.32. The highest BCUT2D eigenvalue weighted by molar-refractivity contribution is 5.85. The molecule has 4 aromatic rings. The van der Waals surface area contributed by atoms with Crippen LogP contribution in [0.25, 0.3) is 0 Å². The molecule has 0 spiro atoms. The Morgan fingerprint density at radius 3 is 1.24 bits per heavy atom. The molecule has 4 nitrogen and oxygen atoms in total. The van der Waals surface area contributed by atoms with E-state index in [4.69, 9.17) is 0 Å². The molecule has 4 aliphatic rings. The number of benzene rings is 4. The summed E-state index contributed by atoms with van der Waals surface area (Å²) in [6.07, 6.45) is 2.06. The molecule has 0 bridgehead atoms. The fourth-order valence-corrected chi connectivity index (χ4v) is 8.32. The molecular formula is C40H40F2N2O2. The Bertz CT molecular complexity index is 1550. The van der Waals surface area contributed by atoms with Crippen LogP contribution in [0.15, 0.2) is 109 Å². The normalized spacial score (nSPS) is 27.5. The fraction of sp³-hybridized carbons (Fsp3) is 0.350. The minimum absolute atomic E-state index is 0.0756. The van der Waals surface area contributed by atoms with Crippen molar-refractivity contribution in [3.8, 4) is 0 Å². The maximum atomic E-state index is 13.1. The summed E-state index contributed by atoms with van der Waals surface area (Å²) in [4.78, 5) is 29.8. The number of halogens is 2. The van der Waals surface area contributed by atoms with E-state index in [1.54, 1.807) is 0 Å². The summed E-state index contributed by atoms with van der Waals surface area (Å²) in [7, 11) is 0. The van der Waals surface area contributed by atoms with Crippen LogP contribution in [0.1, 0.15) is 72.9 Å². The van der Waals surface area contributed by atoms with Crippen molar-refractivity contribution in [3.05, 3.63) is 143 Å². The Hall–Kier alpha value is -4.32. The first kappa shape index (κ1) is 30.3. The second kappa shape index (κ2) is 12.5. The summed E-state index contributed by atoms with van der Waals surface area (Å²) in [6.45, 7) is 5.89. The Morgan fingerprint density at radius 2 is 0.891 bits per heavy atom. The van der Waals surface area contributed by atoms with Gasteiger partial charge in [0.15, 0.2) is 0 Å². The van der Waals surface area contributed by atoms with E-state index in [2.05, 4.69) is 38.1 Å². The van der Waals surface area contributed by atoms with Gasteiger partial charge >= 0.3 is 0 Å². The van der Waals surface area contributed by atoms with Crippen LogP contribution >= 0.6 is 0 Å². The highest BCUT2D eigenvalue weighted by atomic mass is 19.1. The lowest BCUT2D eigenvalue weighted by molar-refractivity contribution is -0.135. The standard InChI is InChI=1S/2C20H20FNO/c2*1-13(14-5-3-2-4-6-14)22-12-16-11-18(19(16)20(22)23)15-7-9-17(21)10-8-15/h2*2-10,13,16,18-19H,11-12H2,1H3/t2*13-,16-,18-,19+/m11/s1.